The monoisotopic (exact) mass is 270 g/mol. The number of alkyl halides is 3. The van der Waals surface area contributed by atoms with E-state index in [0.717, 1.165) is 12.1 Å². The maximum Gasteiger partial charge on any atom is 0.573 e. The number of imidazole rings is 1. The van der Waals surface area contributed by atoms with Crippen LogP contribution in [0.5, 0.6) is 5.75 Å². The Morgan fingerprint density at radius 3 is 2.37 bits per heavy atom. The number of nitrogens with zero attached hydrogens (tertiary/aromatic N) is 2. The van der Waals surface area contributed by atoms with Gasteiger partial charge in [-0.15, -0.1) is 13.2 Å². The number of aryl methyl sites for hydroxylation is 1. The summed E-state index contributed by atoms with van der Waals surface area (Å²) in [5.41, 5.74) is 0.240. The highest BCUT2D eigenvalue weighted by Crippen LogP contribution is 2.23. The van der Waals surface area contributed by atoms with E-state index < -0.39 is 6.36 Å². The fourth-order valence-corrected chi connectivity index (χ4v) is 1.52. The number of hydrogen-bond donors (Lipinski definition) is 0. The van der Waals surface area contributed by atoms with Crippen LogP contribution in [-0.4, -0.2) is 21.7 Å². The molecule has 0 saturated heterocycles. The van der Waals surface area contributed by atoms with Crippen molar-refractivity contribution in [3.05, 3.63) is 48.0 Å². The number of aromatic nitrogens is 2. The van der Waals surface area contributed by atoms with Gasteiger partial charge in [-0.3, -0.25) is 4.79 Å². The van der Waals surface area contributed by atoms with Gasteiger partial charge in [0.25, 0.3) is 0 Å². The average molecular weight is 270 g/mol. The molecule has 1 aromatic carbocycles. The first-order valence-electron chi connectivity index (χ1n) is 5.24. The number of hydrogen-bond acceptors (Lipinski definition) is 3. The fraction of sp³-hybridized carbons (Fsp3) is 0.167. The van der Waals surface area contributed by atoms with Gasteiger partial charge < -0.3 is 9.30 Å². The lowest BCUT2D eigenvalue weighted by Gasteiger charge is -2.08. The van der Waals surface area contributed by atoms with E-state index in [-0.39, 0.29) is 22.9 Å². The van der Waals surface area contributed by atoms with E-state index in [1.807, 2.05) is 0 Å². The number of benzene rings is 1. The zero-order chi connectivity index (χ0) is 14.0. The highest BCUT2D eigenvalue weighted by molar-refractivity contribution is 6.06. The Kier molecular flexibility index (Phi) is 3.28. The molecule has 0 spiro atoms. The normalized spacial score (nSPS) is 11.4. The quantitative estimate of drug-likeness (QED) is 0.805. The van der Waals surface area contributed by atoms with Crippen molar-refractivity contribution in [3.8, 4) is 5.75 Å². The topological polar surface area (TPSA) is 44.1 Å². The second-order valence-corrected chi connectivity index (χ2v) is 3.76. The van der Waals surface area contributed by atoms with Gasteiger partial charge in [0.05, 0.1) is 0 Å². The lowest BCUT2D eigenvalue weighted by Crippen LogP contribution is -2.17. The van der Waals surface area contributed by atoms with Crippen LogP contribution in [0.15, 0.2) is 36.7 Å². The van der Waals surface area contributed by atoms with E-state index in [2.05, 4.69) is 9.72 Å². The first-order chi connectivity index (χ1) is 8.87. The average Bonchev–Trinajstić information content (AvgIpc) is 2.73. The van der Waals surface area contributed by atoms with E-state index >= 15 is 0 Å². The predicted molar refractivity (Wildman–Crippen MR) is 59.8 cm³/mol. The van der Waals surface area contributed by atoms with Crippen molar-refractivity contribution in [1.29, 1.82) is 0 Å². The van der Waals surface area contributed by atoms with E-state index in [0.29, 0.717) is 0 Å². The van der Waals surface area contributed by atoms with Gasteiger partial charge in [0, 0.05) is 25.0 Å². The van der Waals surface area contributed by atoms with Crippen molar-refractivity contribution >= 4 is 5.78 Å². The van der Waals surface area contributed by atoms with Gasteiger partial charge in [0.15, 0.2) is 5.82 Å². The second-order valence-electron chi connectivity index (χ2n) is 3.76. The van der Waals surface area contributed by atoms with Crippen molar-refractivity contribution in [1.82, 2.24) is 9.55 Å². The molecule has 0 bridgehead atoms. The van der Waals surface area contributed by atoms with Crippen LogP contribution in [0.25, 0.3) is 0 Å². The molecule has 0 saturated carbocycles. The molecule has 2 rings (SSSR count). The Bertz CT molecular complexity index is 588. The molecule has 1 aromatic heterocycles. The smallest absolute Gasteiger partial charge is 0.406 e. The maximum atomic E-state index is 12.0. The van der Waals surface area contributed by atoms with Crippen LogP contribution in [0.1, 0.15) is 16.2 Å². The Morgan fingerprint density at radius 1 is 1.26 bits per heavy atom. The minimum absolute atomic E-state index is 0.212. The highest BCUT2D eigenvalue weighted by Gasteiger charge is 2.31. The van der Waals surface area contributed by atoms with Crippen molar-refractivity contribution in [2.75, 3.05) is 0 Å². The third-order valence-corrected chi connectivity index (χ3v) is 2.37. The largest absolute Gasteiger partial charge is 0.573 e. The molecule has 0 radical (unpaired) electrons. The van der Waals surface area contributed by atoms with Gasteiger partial charge in [-0.25, -0.2) is 4.98 Å². The van der Waals surface area contributed by atoms with E-state index in [1.165, 1.54) is 22.9 Å². The molecular formula is C12H9F3N2O2. The van der Waals surface area contributed by atoms with E-state index in [9.17, 15) is 18.0 Å². The fourth-order valence-electron chi connectivity index (χ4n) is 1.52. The standard InChI is InChI=1S/C12H9F3N2O2/c1-17-7-6-16-11(17)10(18)8-2-4-9(5-3-8)19-12(13,14)15/h2-7H,1H3. The Balaban J connectivity index is 2.19. The molecule has 7 heteroatoms. The molecule has 4 nitrogen and oxygen atoms in total. The van der Waals surface area contributed by atoms with Crippen LogP contribution in [0.4, 0.5) is 13.2 Å². The lowest BCUT2D eigenvalue weighted by molar-refractivity contribution is -0.274. The van der Waals surface area contributed by atoms with Crippen LogP contribution in [0.3, 0.4) is 0 Å². The minimum Gasteiger partial charge on any atom is -0.406 e. The second kappa shape index (κ2) is 4.75. The molecule has 2 aromatic rings. The first kappa shape index (κ1) is 13.1. The predicted octanol–water partition coefficient (Wildman–Crippen LogP) is 2.55. The number of ketones is 1. The van der Waals surface area contributed by atoms with Crippen molar-refractivity contribution in [3.63, 3.8) is 0 Å². The summed E-state index contributed by atoms with van der Waals surface area (Å²) in [6.45, 7) is 0. The first-order valence-corrected chi connectivity index (χ1v) is 5.24. The molecule has 0 unspecified atom stereocenters. The molecule has 0 atom stereocenters. The highest BCUT2D eigenvalue weighted by atomic mass is 19.4. The maximum absolute atomic E-state index is 12.0. The van der Waals surface area contributed by atoms with Crippen molar-refractivity contribution in [2.24, 2.45) is 7.05 Å². The van der Waals surface area contributed by atoms with Crippen LogP contribution >= 0.6 is 0 Å². The van der Waals surface area contributed by atoms with Crippen molar-refractivity contribution < 1.29 is 22.7 Å². The summed E-state index contributed by atoms with van der Waals surface area (Å²) in [7, 11) is 1.65. The molecule has 0 aliphatic rings. The summed E-state index contributed by atoms with van der Waals surface area (Å²) in [6, 6.07) is 4.70. The van der Waals surface area contributed by atoms with Crippen LogP contribution in [0, 0.1) is 0 Å². The van der Waals surface area contributed by atoms with Crippen LogP contribution in [0.2, 0.25) is 0 Å². The molecule has 0 aliphatic carbocycles. The number of halogens is 3. The number of carbonyl (C=O) groups is 1. The SMILES string of the molecule is Cn1ccnc1C(=O)c1ccc(OC(F)(F)F)cc1. The summed E-state index contributed by atoms with van der Waals surface area (Å²) in [4.78, 5) is 15.9. The number of ether oxygens (including phenoxy) is 1. The molecule has 0 N–H and O–H groups in total. The zero-order valence-corrected chi connectivity index (χ0v) is 9.81. The molecule has 0 aliphatic heterocycles. The molecule has 0 fully saturated rings. The lowest BCUT2D eigenvalue weighted by atomic mass is 10.1. The summed E-state index contributed by atoms with van der Waals surface area (Å²) in [5.74, 6) is -0.528. The summed E-state index contributed by atoms with van der Waals surface area (Å²) in [5, 5.41) is 0. The van der Waals surface area contributed by atoms with Crippen LogP contribution in [-0.2, 0) is 7.05 Å². The number of carbonyl (C=O) groups excluding carboxylic acids is 1. The van der Waals surface area contributed by atoms with Gasteiger partial charge in [0.2, 0.25) is 5.78 Å². The molecule has 0 amide bonds. The van der Waals surface area contributed by atoms with Crippen molar-refractivity contribution in [2.45, 2.75) is 6.36 Å². The number of rotatable bonds is 3. The Labute approximate surface area is 106 Å². The van der Waals surface area contributed by atoms with Gasteiger partial charge in [-0.05, 0) is 24.3 Å². The van der Waals surface area contributed by atoms with E-state index in [4.69, 9.17) is 0 Å². The molecular weight excluding hydrogens is 261 g/mol. The third-order valence-electron chi connectivity index (χ3n) is 2.37. The molecule has 1 heterocycles. The van der Waals surface area contributed by atoms with Gasteiger partial charge >= 0.3 is 6.36 Å². The summed E-state index contributed by atoms with van der Waals surface area (Å²) in [6.07, 6.45) is -1.67. The summed E-state index contributed by atoms with van der Waals surface area (Å²) >= 11 is 0. The third kappa shape index (κ3) is 3.12. The zero-order valence-electron chi connectivity index (χ0n) is 9.81. The van der Waals surface area contributed by atoms with Gasteiger partial charge in [-0.2, -0.15) is 0 Å². The summed E-state index contributed by atoms with van der Waals surface area (Å²) < 4.78 is 41.2. The molecule has 19 heavy (non-hydrogen) atoms. The van der Waals surface area contributed by atoms with Crippen LogP contribution < -0.4 is 4.74 Å². The van der Waals surface area contributed by atoms with Gasteiger partial charge in [0.1, 0.15) is 5.75 Å². The minimum atomic E-state index is -4.74. The molecule has 100 valence electrons. The van der Waals surface area contributed by atoms with E-state index in [1.54, 1.807) is 13.2 Å². The Morgan fingerprint density at radius 2 is 1.89 bits per heavy atom. The van der Waals surface area contributed by atoms with Gasteiger partial charge in [-0.1, -0.05) is 0 Å². The Hall–Kier alpha value is -2.31.